The summed E-state index contributed by atoms with van der Waals surface area (Å²) in [6.07, 6.45) is 1.18. The van der Waals surface area contributed by atoms with Crippen LogP contribution in [0, 0.1) is 5.82 Å². The van der Waals surface area contributed by atoms with E-state index in [1.54, 1.807) is 6.07 Å². The largest absolute Gasteiger partial charge is 0.494 e. The second-order valence-corrected chi connectivity index (χ2v) is 3.90. The lowest BCUT2D eigenvalue weighted by molar-refractivity contribution is 0.383. The number of hydrogen-bond acceptors (Lipinski definition) is 4. The van der Waals surface area contributed by atoms with Gasteiger partial charge in [0.05, 0.1) is 13.7 Å². The highest BCUT2D eigenvalue weighted by atomic mass is 19.1. The van der Waals surface area contributed by atoms with E-state index < -0.39 is 17.1 Å². The lowest BCUT2D eigenvalue weighted by atomic mass is 10.2. The van der Waals surface area contributed by atoms with Crippen LogP contribution in [0.4, 0.5) is 10.1 Å². The quantitative estimate of drug-likeness (QED) is 0.836. The molecule has 0 aliphatic heterocycles. The SMILES string of the molecule is COc1cccc(Cn2cc(N)c(=O)[nH]c2=O)c1F. The molecule has 6 nitrogen and oxygen atoms in total. The third kappa shape index (κ3) is 2.49. The zero-order valence-electron chi connectivity index (χ0n) is 10.1. The molecule has 1 aromatic heterocycles. The maximum Gasteiger partial charge on any atom is 0.328 e. The lowest BCUT2D eigenvalue weighted by Crippen LogP contribution is -2.31. The predicted octanol–water partition coefficient (Wildman–Crippen LogP) is 0.315. The molecule has 7 heteroatoms. The Bertz CT molecular complexity index is 721. The first-order chi connectivity index (χ1) is 9.02. The number of anilines is 1. The van der Waals surface area contributed by atoms with Crippen LogP contribution in [0.15, 0.2) is 34.0 Å². The summed E-state index contributed by atoms with van der Waals surface area (Å²) in [6, 6.07) is 4.60. The number of aromatic amines is 1. The van der Waals surface area contributed by atoms with Crippen LogP contribution in [0.3, 0.4) is 0 Å². The number of methoxy groups -OCH3 is 1. The molecular weight excluding hydrogens is 253 g/mol. The van der Waals surface area contributed by atoms with E-state index >= 15 is 0 Å². The lowest BCUT2D eigenvalue weighted by Gasteiger charge is -2.09. The van der Waals surface area contributed by atoms with Crippen molar-refractivity contribution >= 4 is 5.69 Å². The summed E-state index contributed by atoms with van der Waals surface area (Å²) >= 11 is 0. The summed E-state index contributed by atoms with van der Waals surface area (Å²) in [6.45, 7) is -0.0527. The van der Waals surface area contributed by atoms with E-state index in [1.165, 1.54) is 25.4 Å². The van der Waals surface area contributed by atoms with E-state index in [0.29, 0.717) is 0 Å². The first-order valence-corrected chi connectivity index (χ1v) is 5.43. The van der Waals surface area contributed by atoms with Gasteiger partial charge in [0.2, 0.25) is 0 Å². The van der Waals surface area contributed by atoms with Crippen LogP contribution in [0.5, 0.6) is 5.75 Å². The highest BCUT2D eigenvalue weighted by Gasteiger charge is 2.10. The van der Waals surface area contributed by atoms with Gasteiger partial charge < -0.3 is 10.5 Å². The number of aromatic nitrogens is 2. The van der Waals surface area contributed by atoms with E-state index in [-0.39, 0.29) is 23.5 Å². The molecule has 0 fully saturated rings. The molecule has 0 saturated carbocycles. The zero-order valence-corrected chi connectivity index (χ0v) is 10.1. The zero-order chi connectivity index (χ0) is 14.0. The van der Waals surface area contributed by atoms with E-state index in [1.807, 2.05) is 4.98 Å². The summed E-state index contributed by atoms with van der Waals surface area (Å²) in [5.74, 6) is -0.468. The number of halogens is 1. The maximum atomic E-state index is 13.9. The molecule has 0 spiro atoms. The van der Waals surface area contributed by atoms with Gasteiger partial charge in [-0.25, -0.2) is 9.18 Å². The summed E-state index contributed by atoms with van der Waals surface area (Å²) in [4.78, 5) is 24.7. The van der Waals surface area contributed by atoms with Crippen LogP contribution < -0.4 is 21.7 Å². The van der Waals surface area contributed by atoms with Gasteiger partial charge in [-0.15, -0.1) is 0 Å². The fourth-order valence-electron chi connectivity index (χ4n) is 1.66. The Kier molecular flexibility index (Phi) is 3.37. The van der Waals surface area contributed by atoms with Crippen molar-refractivity contribution in [3.8, 4) is 5.75 Å². The topological polar surface area (TPSA) is 90.1 Å². The van der Waals surface area contributed by atoms with Gasteiger partial charge in [0.1, 0.15) is 5.69 Å². The van der Waals surface area contributed by atoms with Crippen LogP contribution in [0.25, 0.3) is 0 Å². The number of H-pyrrole nitrogens is 1. The van der Waals surface area contributed by atoms with Crippen molar-refractivity contribution < 1.29 is 9.13 Å². The molecule has 19 heavy (non-hydrogen) atoms. The van der Waals surface area contributed by atoms with E-state index in [2.05, 4.69) is 0 Å². The minimum Gasteiger partial charge on any atom is -0.494 e. The van der Waals surface area contributed by atoms with Crippen LogP contribution in [-0.2, 0) is 6.54 Å². The molecule has 0 radical (unpaired) electrons. The second kappa shape index (κ2) is 4.97. The number of benzene rings is 1. The molecule has 0 aliphatic carbocycles. The van der Waals surface area contributed by atoms with Crippen molar-refractivity contribution in [1.82, 2.24) is 9.55 Å². The summed E-state index contributed by atoms with van der Waals surface area (Å²) in [7, 11) is 1.35. The molecule has 1 aromatic carbocycles. The molecule has 0 aliphatic rings. The van der Waals surface area contributed by atoms with Gasteiger partial charge >= 0.3 is 5.69 Å². The third-order valence-electron chi connectivity index (χ3n) is 2.64. The smallest absolute Gasteiger partial charge is 0.328 e. The van der Waals surface area contributed by atoms with E-state index in [0.717, 1.165) is 4.57 Å². The molecule has 0 atom stereocenters. The van der Waals surface area contributed by atoms with E-state index in [4.69, 9.17) is 10.5 Å². The number of nitrogens with one attached hydrogen (secondary N) is 1. The van der Waals surface area contributed by atoms with Crippen LogP contribution in [0.2, 0.25) is 0 Å². The van der Waals surface area contributed by atoms with Gasteiger partial charge in [-0.1, -0.05) is 12.1 Å². The Morgan fingerprint density at radius 3 is 2.84 bits per heavy atom. The van der Waals surface area contributed by atoms with Crippen molar-refractivity contribution in [3.05, 3.63) is 56.6 Å². The fourth-order valence-corrected chi connectivity index (χ4v) is 1.66. The predicted molar refractivity (Wildman–Crippen MR) is 67.8 cm³/mol. The Morgan fingerprint density at radius 2 is 2.16 bits per heavy atom. The Balaban J connectivity index is 2.45. The minimum atomic E-state index is -0.660. The first-order valence-electron chi connectivity index (χ1n) is 5.43. The monoisotopic (exact) mass is 265 g/mol. The van der Waals surface area contributed by atoms with Crippen molar-refractivity contribution in [2.45, 2.75) is 6.54 Å². The Labute approximate surface area is 107 Å². The number of hydrogen-bond donors (Lipinski definition) is 2. The summed E-state index contributed by atoms with van der Waals surface area (Å²) in [5, 5.41) is 0. The summed E-state index contributed by atoms with van der Waals surface area (Å²) in [5.41, 5.74) is 4.25. The highest BCUT2D eigenvalue weighted by molar-refractivity contribution is 5.33. The fraction of sp³-hybridized carbons (Fsp3) is 0.167. The first kappa shape index (κ1) is 12.9. The number of rotatable bonds is 3. The van der Waals surface area contributed by atoms with Gasteiger partial charge in [-0.05, 0) is 6.07 Å². The molecule has 0 amide bonds. The van der Waals surface area contributed by atoms with Crippen LogP contribution >= 0.6 is 0 Å². The highest BCUT2D eigenvalue weighted by Crippen LogP contribution is 2.20. The molecule has 0 unspecified atom stereocenters. The van der Waals surface area contributed by atoms with Crippen LogP contribution in [0.1, 0.15) is 5.56 Å². The molecule has 2 rings (SSSR count). The van der Waals surface area contributed by atoms with Crippen LogP contribution in [-0.4, -0.2) is 16.7 Å². The molecule has 0 bridgehead atoms. The van der Waals surface area contributed by atoms with Crippen molar-refractivity contribution in [2.75, 3.05) is 12.8 Å². The van der Waals surface area contributed by atoms with Gasteiger partial charge in [0, 0.05) is 11.8 Å². The standard InChI is InChI=1S/C12H12FN3O3/c1-19-9-4-2-3-7(10(9)13)5-16-6-8(14)11(17)15-12(16)18/h2-4,6H,5,14H2,1H3,(H,15,17,18). The van der Waals surface area contributed by atoms with Crippen molar-refractivity contribution in [3.63, 3.8) is 0 Å². The Hall–Kier alpha value is -2.57. The third-order valence-corrected chi connectivity index (χ3v) is 2.64. The maximum absolute atomic E-state index is 13.9. The van der Waals surface area contributed by atoms with Crippen molar-refractivity contribution in [1.29, 1.82) is 0 Å². The molecular formula is C12H12FN3O3. The second-order valence-electron chi connectivity index (χ2n) is 3.90. The summed E-state index contributed by atoms with van der Waals surface area (Å²) < 4.78 is 19.9. The van der Waals surface area contributed by atoms with Gasteiger partial charge in [0.15, 0.2) is 11.6 Å². The molecule has 100 valence electrons. The van der Waals surface area contributed by atoms with Gasteiger partial charge in [-0.3, -0.25) is 14.3 Å². The number of nitrogens with two attached hydrogens (primary N) is 1. The Morgan fingerprint density at radius 1 is 1.42 bits per heavy atom. The van der Waals surface area contributed by atoms with E-state index in [9.17, 15) is 14.0 Å². The normalized spacial score (nSPS) is 10.4. The van der Waals surface area contributed by atoms with Crippen molar-refractivity contribution in [2.24, 2.45) is 0 Å². The molecule has 3 N–H and O–H groups in total. The average molecular weight is 265 g/mol. The molecule has 2 aromatic rings. The number of ether oxygens (including phenoxy) is 1. The van der Waals surface area contributed by atoms with Gasteiger partial charge in [0.25, 0.3) is 5.56 Å². The number of nitrogens with zero attached hydrogens (tertiary/aromatic N) is 1. The molecule has 1 heterocycles. The minimum absolute atomic E-state index is 0.0527. The average Bonchev–Trinajstić information content (AvgIpc) is 2.38. The number of nitrogen functional groups attached to an aromatic ring is 1. The van der Waals surface area contributed by atoms with Gasteiger partial charge in [-0.2, -0.15) is 0 Å². The molecule has 0 saturated heterocycles.